The van der Waals surface area contributed by atoms with Crippen LogP contribution in [0.2, 0.25) is 0 Å². The number of rotatable bonds is 5. The van der Waals surface area contributed by atoms with Crippen LogP contribution in [0.15, 0.2) is 24.3 Å². The first kappa shape index (κ1) is 18.7. The van der Waals surface area contributed by atoms with Gasteiger partial charge in [0.25, 0.3) is 5.91 Å². The molecule has 0 aliphatic carbocycles. The van der Waals surface area contributed by atoms with E-state index in [1.165, 1.54) is 0 Å². The zero-order valence-electron chi connectivity index (χ0n) is 16.2. The summed E-state index contributed by atoms with van der Waals surface area (Å²) in [7, 11) is 1.92. The lowest BCUT2D eigenvalue weighted by molar-refractivity contribution is 0.0376. The molecule has 0 saturated carbocycles. The molecule has 27 heavy (non-hydrogen) atoms. The van der Waals surface area contributed by atoms with Crippen molar-refractivity contribution in [3.05, 3.63) is 52.6 Å². The number of fused-ring (bicyclic) bond motifs is 1. The van der Waals surface area contributed by atoms with Gasteiger partial charge in [-0.05, 0) is 45.4 Å². The van der Waals surface area contributed by atoms with Gasteiger partial charge >= 0.3 is 5.97 Å². The third-order valence-electron chi connectivity index (χ3n) is 4.50. The number of ether oxygens (including phenoxy) is 1. The first-order valence-electron chi connectivity index (χ1n) is 8.88. The molecule has 7 nitrogen and oxygen atoms in total. The van der Waals surface area contributed by atoms with Crippen molar-refractivity contribution in [1.82, 2.24) is 19.9 Å². The van der Waals surface area contributed by atoms with Gasteiger partial charge in [0, 0.05) is 12.7 Å². The van der Waals surface area contributed by atoms with Crippen molar-refractivity contribution >= 4 is 22.9 Å². The molecule has 1 amide bonds. The Labute approximate surface area is 157 Å². The Hall–Kier alpha value is -3.09. The maximum absolute atomic E-state index is 12.6. The molecule has 3 rings (SSSR count). The SMILES string of the molecule is Cc1[nH]c(C(=O)NCc2nc3ccccc3n2C)c(C)c1C(=O)OC(C)C. The molecule has 0 spiro atoms. The standard InChI is InChI=1S/C20H24N4O3/c1-11(2)27-20(26)17-12(3)18(22-13(17)4)19(25)21-10-16-23-14-8-6-7-9-15(14)24(16)5/h6-9,11,22H,10H2,1-5H3,(H,21,25). The fourth-order valence-electron chi connectivity index (χ4n) is 3.16. The number of para-hydroxylation sites is 2. The molecular weight excluding hydrogens is 344 g/mol. The minimum atomic E-state index is -0.425. The van der Waals surface area contributed by atoms with Gasteiger partial charge in [0.1, 0.15) is 11.5 Å². The largest absolute Gasteiger partial charge is 0.459 e. The van der Waals surface area contributed by atoms with E-state index >= 15 is 0 Å². The van der Waals surface area contributed by atoms with Gasteiger partial charge in [-0.1, -0.05) is 12.1 Å². The highest BCUT2D eigenvalue weighted by Gasteiger charge is 2.23. The molecule has 7 heteroatoms. The minimum Gasteiger partial charge on any atom is -0.459 e. The Balaban J connectivity index is 1.78. The van der Waals surface area contributed by atoms with E-state index in [-0.39, 0.29) is 18.6 Å². The highest BCUT2D eigenvalue weighted by Crippen LogP contribution is 2.20. The number of esters is 1. The number of amides is 1. The number of hydrogen-bond acceptors (Lipinski definition) is 4. The Bertz CT molecular complexity index is 1010. The fourth-order valence-corrected chi connectivity index (χ4v) is 3.16. The minimum absolute atomic E-state index is 0.221. The molecule has 1 aromatic carbocycles. The van der Waals surface area contributed by atoms with Crippen LogP contribution >= 0.6 is 0 Å². The predicted octanol–water partition coefficient (Wildman–Crippen LogP) is 3.01. The highest BCUT2D eigenvalue weighted by molar-refractivity contribution is 6.00. The zero-order valence-corrected chi connectivity index (χ0v) is 16.2. The van der Waals surface area contributed by atoms with E-state index < -0.39 is 5.97 Å². The normalized spacial score (nSPS) is 11.2. The van der Waals surface area contributed by atoms with Gasteiger partial charge in [-0.15, -0.1) is 0 Å². The molecule has 2 N–H and O–H groups in total. The lowest BCUT2D eigenvalue weighted by atomic mass is 10.1. The molecular formula is C20H24N4O3. The number of imidazole rings is 1. The van der Waals surface area contributed by atoms with E-state index in [4.69, 9.17) is 4.74 Å². The molecule has 0 radical (unpaired) electrons. The Morgan fingerprint density at radius 3 is 2.63 bits per heavy atom. The summed E-state index contributed by atoms with van der Waals surface area (Å²) in [5, 5.41) is 2.87. The number of H-pyrrole nitrogens is 1. The number of aromatic amines is 1. The summed E-state index contributed by atoms with van der Waals surface area (Å²) in [6, 6.07) is 7.81. The van der Waals surface area contributed by atoms with E-state index in [2.05, 4.69) is 15.3 Å². The van der Waals surface area contributed by atoms with Gasteiger partial charge in [0.05, 0.1) is 29.2 Å². The second-order valence-electron chi connectivity index (χ2n) is 6.84. The number of aromatic nitrogens is 3. The van der Waals surface area contributed by atoms with Crippen LogP contribution in [0.1, 0.15) is 51.8 Å². The van der Waals surface area contributed by atoms with Crippen LogP contribution in [0.5, 0.6) is 0 Å². The second-order valence-corrected chi connectivity index (χ2v) is 6.84. The van der Waals surface area contributed by atoms with Crippen molar-refractivity contribution in [1.29, 1.82) is 0 Å². The lowest BCUT2D eigenvalue weighted by Crippen LogP contribution is -2.25. The van der Waals surface area contributed by atoms with E-state index in [0.717, 1.165) is 16.9 Å². The number of nitrogens with one attached hydrogen (secondary N) is 2. The third kappa shape index (κ3) is 3.58. The van der Waals surface area contributed by atoms with Crippen LogP contribution in [0, 0.1) is 13.8 Å². The van der Waals surface area contributed by atoms with E-state index in [9.17, 15) is 9.59 Å². The average Bonchev–Trinajstić information content (AvgIpc) is 3.09. The Morgan fingerprint density at radius 1 is 1.26 bits per heavy atom. The van der Waals surface area contributed by atoms with E-state index in [1.807, 2.05) is 35.9 Å². The third-order valence-corrected chi connectivity index (χ3v) is 4.50. The van der Waals surface area contributed by atoms with Gasteiger partial charge < -0.3 is 19.6 Å². The number of carbonyl (C=O) groups is 2. The maximum atomic E-state index is 12.6. The summed E-state index contributed by atoms with van der Waals surface area (Å²) < 4.78 is 7.22. The highest BCUT2D eigenvalue weighted by atomic mass is 16.5. The van der Waals surface area contributed by atoms with Gasteiger partial charge in [-0.2, -0.15) is 0 Å². The first-order valence-corrected chi connectivity index (χ1v) is 8.88. The number of carbonyl (C=O) groups excluding carboxylic acids is 2. The number of benzene rings is 1. The average molecular weight is 368 g/mol. The monoisotopic (exact) mass is 368 g/mol. The van der Waals surface area contributed by atoms with Crippen LogP contribution in [0.4, 0.5) is 0 Å². The van der Waals surface area contributed by atoms with Gasteiger partial charge in [0.15, 0.2) is 0 Å². The molecule has 0 aliphatic rings. The summed E-state index contributed by atoms with van der Waals surface area (Å²) in [5.41, 5.74) is 3.87. The van der Waals surface area contributed by atoms with Crippen molar-refractivity contribution in [2.75, 3.05) is 0 Å². The quantitative estimate of drug-likeness (QED) is 0.678. The molecule has 0 aliphatic heterocycles. The van der Waals surface area contributed by atoms with Crippen molar-refractivity contribution in [2.45, 2.75) is 40.3 Å². The fraction of sp³-hybridized carbons (Fsp3) is 0.350. The summed E-state index contributed by atoms with van der Waals surface area (Å²) in [5.74, 6) is 0.0434. The first-order chi connectivity index (χ1) is 12.8. The topological polar surface area (TPSA) is 89.0 Å². The van der Waals surface area contributed by atoms with E-state index in [0.29, 0.717) is 22.5 Å². The van der Waals surface area contributed by atoms with Crippen molar-refractivity contribution in [2.24, 2.45) is 7.05 Å². The molecule has 0 fully saturated rings. The van der Waals surface area contributed by atoms with Crippen LogP contribution in [0.3, 0.4) is 0 Å². The summed E-state index contributed by atoms with van der Waals surface area (Å²) >= 11 is 0. The molecule has 0 saturated heterocycles. The number of aryl methyl sites for hydroxylation is 2. The predicted molar refractivity (Wildman–Crippen MR) is 103 cm³/mol. The molecule has 0 bridgehead atoms. The molecule has 0 atom stereocenters. The van der Waals surface area contributed by atoms with Crippen LogP contribution in [-0.4, -0.2) is 32.5 Å². The van der Waals surface area contributed by atoms with Gasteiger partial charge in [0.2, 0.25) is 0 Å². The Kier molecular flexibility index (Phi) is 5.03. The molecule has 142 valence electrons. The van der Waals surface area contributed by atoms with Crippen molar-refractivity contribution in [3.63, 3.8) is 0 Å². The van der Waals surface area contributed by atoms with Gasteiger partial charge in [-0.3, -0.25) is 4.79 Å². The molecule has 3 aromatic rings. The van der Waals surface area contributed by atoms with Gasteiger partial charge in [-0.25, -0.2) is 9.78 Å². The number of nitrogens with zero attached hydrogens (tertiary/aromatic N) is 2. The van der Waals surface area contributed by atoms with Crippen molar-refractivity contribution < 1.29 is 14.3 Å². The molecule has 2 heterocycles. The molecule has 0 unspecified atom stereocenters. The number of hydrogen-bond donors (Lipinski definition) is 2. The van der Waals surface area contributed by atoms with Crippen LogP contribution in [-0.2, 0) is 18.3 Å². The van der Waals surface area contributed by atoms with Crippen molar-refractivity contribution in [3.8, 4) is 0 Å². The smallest absolute Gasteiger partial charge is 0.340 e. The summed E-state index contributed by atoms with van der Waals surface area (Å²) in [4.78, 5) is 32.5. The summed E-state index contributed by atoms with van der Waals surface area (Å²) in [6.07, 6.45) is -0.221. The summed E-state index contributed by atoms with van der Waals surface area (Å²) in [6.45, 7) is 7.36. The lowest BCUT2D eigenvalue weighted by Gasteiger charge is -2.08. The second kappa shape index (κ2) is 7.26. The van der Waals surface area contributed by atoms with E-state index in [1.54, 1.807) is 27.7 Å². The molecule has 2 aromatic heterocycles. The Morgan fingerprint density at radius 2 is 1.96 bits per heavy atom. The maximum Gasteiger partial charge on any atom is 0.340 e. The van der Waals surface area contributed by atoms with Crippen LogP contribution < -0.4 is 5.32 Å². The zero-order chi connectivity index (χ0) is 19.7. The van der Waals surface area contributed by atoms with Crippen LogP contribution in [0.25, 0.3) is 11.0 Å².